The van der Waals surface area contributed by atoms with Crippen LogP contribution in [0.4, 0.5) is 0 Å². The van der Waals surface area contributed by atoms with E-state index in [9.17, 15) is 0 Å². The summed E-state index contributed by atoms with van der Waals surface area (Å²) in [5.41, 5.74) is -0.123. The fraction of sp³-hybridized carbons (Fsp3) is 0.375. The molecule has 0 amide bonds. The van der Waals surface area contributed by atoms with Crippen molar-refractivity contribution in [3.63, 3.8) is 0 Å². The summed E-state index contributed by atoms with van der Waals surface area (Å²) in [6.45, 7) is 7.48. The Morgan fingerprint density at radius 2 is 2.12 bits per heavy atom. The molecular weight excluding hydrogens is 96.1 g/mol. The Labute approximate surface area is 51.6 Å². The predicted octanol–water partition coefficient (Wildman–Crippen LogP) is 2.04. The van der Waals surface area contributed by atoms with Crippen LogP contribution in [0.15, 0.2) is 12.2 Å². The van der Waals surface area contributed by atoms with Crippen molar-refractivity contribution in [2.45, 2.75) is 13.8 Å². The molecule has 0 nitrogen and oxygen atoms in total. The molecule has 0 bridgehead atoms. The molecule has 0 aliphatic rings. The van der Waals surface area contributed by atoms with E-state index in [0.29, 0.717) is 0 Å². The Kier molecular flexibility index (Phi) is 2.34. The average Bonchev–Trinajstić information content (AvgIpc) is 1.67. The monoisotopic (exact) mass is 107 g/mol. The van der Waals surface area contributed by atoms with Gasteiger partial charge in [0.05, 0.1) is 0 Å². The Bertz CT molecular complexity index is 121. The van der Waals surface area contributed by atoms with Gasteiger partial charge in [0.1, 0.15) is 0 Å². The molecule has 1 radical (unpaired) electrons. The molecule has 0 heteroatoms. The molecule has 0 unspecified atom stereocenters. The normalized spacial score (nSPS) is 11.8. The maximum atomic E-state index is 5.16. The molecular formula is C8H11. The molecule has 0 fully saturated rings. The van der Waals surface area contributed by atoms with E-state index in [-0.39, 0.29) is 5.41 Å². The lowest BCUT2D eigenvalue weighted by atomic mass is 9.95. The van der Waals surface area contributed by atoms with Gasteiger partial charge in [-0.3, -0.25) is 0 Å². The van der Waals surface area contributed by atoms with Gasteiger partial charge >= 0.3 is 0 Å². The van der Waals surface area contributed by atoms with E-state index in [2.05, 4.69) is 12.8 Å². The fourth-order valence-corrected chi connectivity index (χ4v) is 0.343. The molecule has 0 saturated heterocycles. The molecule has 0 aromatic heterocycles. The van der Waals surface area contributed by atoms with Gasteiger partial charge < -0.3 is 0 Å². The van der Waals surface area contributed by atoms with Gasteiger partial charge in [0.25, 0.3) is 0 Å². The minimum Gasteiger partial charge on any atom is -0.119 e. The standard InChI is InChI=1S/C8H11/c1-5-7-8(3,4)6-2/h2,5,7H,1H2,3-4H3. The molecule has 0 aliphatic carbocycles. The first-order valence-electron chi connectivity index (χ1n) is 2.57. The third-order valence-electron chi connectivity index (χ3n) is 0.907. The molecule has 0 heterocycles. The maximum absolute atomic E-state index is 5.16. The molecule has 0 saturated carbocycles. The van der Waals surface area contributed by atoms with Crippen molar-refractivity contribution < 1.29 is 0 Å². The SMILES string of the molecule is C#CC(C)(C)C=C[CH2]. The van der Waals surface area contributed by atoms with Crippen molar-refractivity contribution >= 4 is 0 Å². The first-order valence-corrected chi connectivity index (χ1v) is 2.57. The second-order valence-electron chi connectivity index (χ2n) is 2.27. The number of terminal acetylenes is 1. The van der Waals surface area contributed by atoms with E-state index in [4.69, 9.17) is 6.42 Å². The van der Waals surface area contributed by atoms with Gasteiger partial charge in [-0.2, -0.15) is 0 Å². The van der Waals surface area contributed by atoms with E-state index in [1.807, 2.05) is 19.9 Å². The summed E-state index contributed by atoms with van der Waals surface area (Å²) in [7, 11) is 0. The second kappa shape index (κ2) is 2.57. The Balaban J connectivity index is 3.97. The van der Waals surface area contributed by atoms with Gasteiger partial charge in [0.2, 0.25) is 0 Å². The first-order chi connectivity index (χ1) is 3.62. The highest BCUT2D eigenvalue weighted by atomic mass is 14.1. The summed E-state index contributed by atoms with van der Waals surface area (Å²) in [5, 5.41) is 0. The van der Waals surface area contributed by atoms with E-state index < -0.39 is 0 Å². The molecule has 0 spiro atoms. The van der Waals surface area contributed by atoms with Crippen LogP contribution in [-0.2, 0) is 0 Å². The quantitative estimate of drug-likeness (QED) is 0.450. The van der Waals surface area contributed by atoms with Gasteiger partial charge in [-0.05, 0) is 20.8 Å². The molecule has 0 aromatic carbocycles. The minimum absolute atomic E-state index is 0.123. The highest BCUT2D eigenvalue weighted by Crippen LogP contribution is 2.13. The van der Waals surface area contributed by atoms with Crippen molar-refractivity contribution in [2.75, 3.05) is 0 Å². The topological polar surface area (TPSA) is 0 Å². The Hall–Kier alpha value is -0.700. The van der Waals surface area contributed by atoms with Gasteiger partial charge in [0, 0.05) is 5.41 Å². The van der Waals surface area contributed by atoms with E-state index in [1.165, 1.54) is 0 Å². The molecule has 43 valence electrons. The van der Waals surface area contributed by atoms with E-state index in [1.54, 1.807) is 6.08 Å². The van der Waals surface area contributed by atoms with Crippen LogP contribution < -0.4 is 0 Å². The molecule has 8 heavy (non-hydrogen) atoms. The van der Waals surface area contributed by atoms with E-state index >= 15 is 0 Å². The zero-order chi connectivity index (χ0) is 6.62. The van der Waals surface area contributed by atoms with Gasteiger partial charge in [0.15, 0.2) is 0 Å². The minimum atomic E-state index is -0.123. The van der Waals surface area contributed by atoms with Crippen molar-refractivity contribution in [3.8, 4) is 12.3 Å². The molecule has 0 aliphatic heterocycles. The summed E-state index contributed by atoms with van der Waals surface area (Å²) < 4.78 is 0. The average molecular weight is 107 g/mol. The summed E-state index contributed by atoms with van der Waals surface area (Å²) in [4.78, 5) is 0. The lowest BCUT2D eigenvalue weighted by Crippen LogP contribution is -2.01. The maximum Gasteiger partial charge on any atom is 0.0434 e. The molecule has 0 aromatic rings. The van der Waals surface area contributed by atoms with E-state index in [0.717, 1.165) is 0 Å². The second-order valence-corrected chi connectivity index (χ2v) is 2.27. The lowest BCUT2D eigenvalue weighted by Gasteiger charge is -2.08. The lowest BCUT2D eigenvalue weighted by molar-refractivity contribution is 0.656. The third kappa shape index (κ3) is 2.47. The van der Waals surface area contributed by atoms with Crippen LogP contribution >= 0.6 is 0 Å². The Morgan fingerprint density at radius 1 is 1.62 bits per heavy atom. The smallest absolute Gasteiger partial charge is 0.0434 e. The number of rotatable bonds is 1. The van der Waals surface area contributed by atoms with Crippen LogP contribution in [-0.4, -0.2) is 0 Å². The Morgan fingerprint density at radius 3 is 2.25 bits per heavy atom. The zero-order valence-electron chi connectivity index (χ0n) is 5.44. The van der Waals surface area contributed by atoms with Crippen LogP contribution in [0.1, 0.15) is 13.8 Å². The third-order valence-corrected chi connectivity index (χ3v) is 0.907. The van der Waals surface area contributed by atoms with Gasteiger partial charge in [-0.25, -0.2) is 0 Å². The van der Waals surface area contributed by atoms with Crippen LogP contribution in [0.25, 0.3) is 0 Å². The van der Waals surface area contributed by atoms with Crippen molar-refractivity contribution in [1.82, 2.24) is 0 Å². The fourth-order valence-electron chi connectivity index (χ4n) is 0.343. The molecule has 0 N–H and O–H groups in total. The highest BCUT2D eigenvalue weighted by molar-refractivity contribution is 5.12. The van der Waals surface area contributed by atoms with Crippen molar-refractivity contribution in [3.05, 3.63) is 19.1 Å². The highest BCUT2D eigenvalue weighted by Gasteiger charge is 2.05. The number of allylic oxidation sites excluding steroid dienone is 2. The molecule has 0 rings (SSSR count). The number of hydrogen-bond acceptors (Lipinski definition) is 0. The predicted molar refractivity (Wildman–Crippen MR) is 37.1 cm³/mol. The summed E-state index contributed by atoms with van der Waals surface area (Å²) in [6.07, 6.45) is 8.78. The molecule has 0 atom stereocenters. The van der Waals surface area contributed by atoms with Crippen LogP contribution in [0, 0.1) is 24.7 Å². The van der Waals surface area contributed by atoms with Crippen LogP contribution in [0.3, 0.4) is 0 Å². The summed E-state index contributed by atoms with van der Waals surface area (Å²) in [5.74, 6) is 2.62. The van der Waals surface area contributed by atoms with Gasteiger partial charge in [-0.1, -0.05) is 18.1 Å². The summed E-state index contributed by atoms with van der Waals surface area (Å²) >= 11 is 0. The number of hydrogen-bond donors (Lipinski definition) is 0. The summed E-state index contributed by atoms with van der Waals surface area (Å²) in [6, 6.07) is 0. The van der Waals surface area contributed by atoms with Crippen molar-refractivity contribution in [1.29, 1.82) is 0 Å². The van der Waals surface area contributed by atoms with Crippen LogP contribution in [0.2, 0.25) is 0 Å². The van der Waals surface area contributed by atoms with Crippen LogP contribution in [0.5, 0.6) is 0 Å². The largest absolute Gasteiger partial charge is 0.119 e. The first kappa shape index (κ1) is 7.30. The van der Waals surface area contributed by atoms with Gasteiger partial charge in [-0.15, -0.1) is 6.42 Å². The zero-order valence-corrected chi connectivity index (χ0v) is 5.44. The van der Waals surface area contributed by atoms with Crippen molar-refractivity contribution in [2.24, 2.45) is 5.41 Å².